The van der Waals surface area contributed by atoms with E-state index in [1.54, 1.807) is 47.4 Å². The van der Waals surface area contributed by atoms with Crippen molar-refractivity contribution < 1.29 is 27.1 Å². The van der Waals surface area contributed by atoms with Crippen LogP contribution in [0.15, 0.2) is 103 Å². The van der Waals surface area contributed by atoms with Crippen LogP contribution in [0.2, 0.25) is 0 Å². The van der Waals surface area contributed by atoms with Gasteiger partial charge in [-0.25, -0.2) is 4.21 Å². The number of H-pyrrole nitrogens is 1. The third kappa shape index (κ3) is 7.54. The molecule has 4 N–H and O–H groups in total. The van der Waals surface area contributed by atoms with E-state index >= 15 is 0 Å². The number of aromatic nitrogens is 1. The topological polar surface area (TPSA) is 169 Å². The van der Waals surface area contributed by atoms with Crippen LogP contribution < -0.4 is 15.8 Å². The van der Waals surface area contributed by atoms with Gasteiger partial charge in [-0.05, 0) is 81.3 Å². The first-order valence-electron chi connectivity index (χ1n) is 16.5. The first-order chi connectivity index (χ1) is 24.4. The maximum Gasteiger partial charge on any atom is 0.286 e. The minimum Gasteiger partial charge on any atom is -0.506 e. The predicted octanol–water partition coefficient (Wildman–Crippen LogP) is 7.36. The van der Waals surface area contributed by atoms with Gasteiger partial charge in [-0.1, -0.05) is 61.5 Å². The van der Waals surface area contributed by atoms with Crippen molar-refractivity contribution >= 4 is 66.5 Å². The number of anilines is 2. The Hall–Kier alpha value is -4.63. The van der Waals surface area contributed by atoms with Crippen LogP contribution in [0, 0.1) is 11.8 Å². The number of nitrogens with one attached hydrogen (secondary N) is 2. The van der Waals surface area contributed by atoms with Crippen molar-refractivity contribution in [1.82, 2.24) is 4.98 Å². The van der Waals surface area contributed by atoms with Crippen LogP contribution in [0.1, 0.15) is 52.0 Å². The molecule has 5 aromatic rings. The highest BCUT2D eigenvalue weighted by atomic mass is 32.2. The summed E-state index contributed by atoms with van der Waals surface area (Å²) in [5.74, 6) is 0.228. The Morgan fingerprint density at radius 1 is 0.980 bits per heavy atom. The summed E-state index contributed by atoms with van der Waals surface area (Å²) in [5, 5.41) is 13.7. The molecule has 1 amide bonds. The fraction of sp³-hybridized carbons (Fsp3) is 0.270. The normalized spacial score (nSPS) is 18.5. The number of aromatic hydroxyl groups is 1. The maximum atomic E-state index is 13.3. The van der Waals surface area contributed by atoms with E-state index in [0.29, 0.717) is 32.4 Å². The summed E-state index contributed by atoms with van der Waals surface area (Å²) in [4.78, 5) is 30.9. The van der Waals surface area contributed by atoms with Crippen molar-refractivity contribution in [3.8, 4) is 16.2 Å². The number of fused-ring (bicyclic) bond motifs is 2. The molecule has 14 heteroatoms. The second-order valence-electron chi connectivity index (χ2n) is 12.9. The zero-order valence-corrected chi connectivity index (χ0v) is 30.6. The number of sulfonamides is 1. The van der Waals surface area contributed by atoms with E-state index < -0.39 is 26.7 Å². The lowest BCUT2D eigenvalue weighted by atomic mass is 9.82. The van der Waals surface area contributed by atoms with Gasteiger partial charge in [0.2, 0.25) is 5.91 Å². The van der Waals surface area contributed by atoms with E-state index in [-0.39, 0.29) is 39.9 Å². The van der Waals surface area contributed by atoms with E-state index in [1.807, 2.05) is 50.2 Å². The van der Waals surface area contributed by atoms with Gasteiger partial charge >= 0.3 is 0 Å². The van der Waals surface area contributed by atoms with Crippen LogP contribution in [0.25, 0.3) is 21.3 Å². The average Bonchev–Trinajstić information content (AvgIpc) is 3.54. The van der Waals surface area contributed by atoms with Gasteiger partial charge in [0, 0.05) is 22.2 Å². The summed E-state index contributed by atoms with van der Waals surface area (Å²) >= 11 is -0.846. The number of amides is 1. The molecule has 1 saturated carbocycles. The van der Waals surface area contributed by atoms with Gasteiger partial charge in [0.1, 0.15) is 20.4 Å². The Kier molecular flexibility index (Phi) is 10.6. The number of para-hydroxylation sites is 2. The monoisotopic (exact) mass is 746 g/mol. The summed E-state index contributed by atoms with van der Waals surface area (Å²) in [6.45, 7) is 6.17. The lowest BCUT2D eigenvalue weighted by Crippen LogP contribution is -2.42. The highest BCUT2D eigenvalue weighted by Crippen LogP contribution is 2.41. The molecule has 1 aliphatic carbocycles. The zero-order chi connectivity index (χ0) is 36.4. The molecule has 11 nitrogen and oxygen atoms in total. The predicted molar refractivity (Wildman–Crippen MR) is 203 cm³/mol. The lowest BCUT2D eigenvalue weighted by molar-refractivity contribution is -0.123. The molecule has 3 heterocycles. The second-order valence-corrected chi connectivity index (χ2v) is 16.7. The molecule has 266 valence electrons. The average molecular weight is 747 g/mol. The number of benzene rings is 3. The van der Waals surface area contributed by atoms with Crippen molar-refractivity contribution in [3.05, 3.63) is 101 Å². The minimum absolute atomic E-state index is 0.00338. The largest absolute Gasteiger partial charge is 0.506 e. The lowest BCUT2D eigenvalue weighted by Gasteiger charge is -2.33. The zero-order valence-electron chi connectivity index (χ0n) is 28.2. The molecule has 0 bridgehead atoms. The third-order valence-corrected chi connectivity index (χ3v) is 12.5. The summed E-state index contributed by atoms with van der Waals surface area (Å²) < 4.78 is 50.5. The van der Waals surface area contributed by atoms with E-state index in [0.717, 1.165) is 36.1 Å². The molecule has 2 aliphatic rings. The van der Waals surface area contributed by atoms with Crippen LogP contribution in [0.5, 0.6) is 5.75 Å². The minimum atomic E-state index is -3.96. The van der Waals surface area contributed by atoms with Crippen molar-refractivity contribution in [2.75, 3.05) is 10.2 Å². The van der Waals surface area contributed by atoms with Gasteiger partial charge < -0.3 is 24.9 Å². The van der Waals surface area contributed by atoms with Crippen LogP contribution in [-0.2, 0) is 25.9 Å². The number of pyridine rings is 1. The molecular formula is C37H38N4O7S3. The number of carbonyl (C=O) groups excluding carboxylic acids is 1. The Balaban J connectivity index is 0.000000177. The van der Waals surface area contributed by atoms with Crippen LogP contribution in [-0.4, -0.2) is 45.1 Å². The summed E-state index contributed by atoms with van der Waals surface area (Å²) in [6, 6.07) is 24.5. The molecule has 1 aliphatic heterocycles. The number of thiophene rings is 1. The Morgan fingerprint density at radius 3 is 2.31 bits per heavy atom. The fourth-order valence-corrected chi connectivity index (χ4v) is 9.33. The molecular weight excluding hydrogens is 709 g/mol. The molecule has 0 spiro atoms. The Labute approximate surface area is 302 Å². The molecule has 7 rings (SSSR count). The SMILES string of the molecule is CC1CCC(C(=O)N(c2cc(-c3ccccc3)sc2S(=O)O)C(C)C)CC1.O=c1[nH]c2ccccc2c(O)c1C1=NS(=O)(=O)c2ccccc2N1. The number of hydrogen-bond acceptors (Lipinski definition) is 8. The number of rotatable bonds is 6. The van der Waals surface area contributed by atoms with Gasteiger partial charge in [-0.2, -0.15) is 8.42 Å². The van der Waals surface area contributed by atoms with Gasteiger partial charge in [0.25, 0.3) is 15.6 Å². The second kappa shape index (κ2) is 14.9. The highest BCUT2D eigenvalue weighted by molar-refractivity contribution is 7.90. The van der Waals surface area contributed by atoms with Gasteiger partial charge in [-0.3, -0.25) is 9.59 Å². The van der Waals surface area contributed by atoms with Gasteiger partial charge in [0.15, 0.2) is 16.9 Å². The quantitative estimate of drug-likeness (QED) is 0.131. The van der Waals surface area contributed by atoms with Crippen molar-refractivity contribution in [2.45, 2.75) is 61.6 Å². The van der Waals surface area contributed by atoms with Crippen LogP contribution >= 0.6 is 11.3 Å². The Morgan fingerprint density at radius 2 is 1.63 bits per heavy atom. The van der Waals surface area contributed by atoms with E-state index in [2.05, 4.69) is 21.6 Å². The molecule has 2 aromatic heterocycles. The van der Waals surface area contributed by atoms with Crippen LogP contribution in [0.3, 0.4) is 0 Å². The number of hydrogen-bond donors (Lipinski definition) is 4. The number of carbonyl (C=O) groups is 1. The molecule has 0 saturated heterocycles. The van der Waals surface area contributed by atoms with Crippen molar-refractivity contribution in [3.63, 3.8) is 0 Å². The van der Waals surface area contributed by atoms with Crippen molar-refractivity contribution in [1.29, 1.82) is 0 Å². The molecule has 3 aromatic carbocycles. The summed E-state index contributed by atoms with van der Waals surface area (Å²) in [6.07, 6.45) is 3.94. The Bertz CT molecular complexity index is 2310. The summed E-state index contributed by atoms with van der Waals surface area (Å²) in [7, 11) is -3.96. The molecule has 1 unspecified atom stereocenters. The molecule has 51 heavy (non-hydrogen) atoms. The third-order valence-electron chi connectivity index (χ3n) is 9.04. The van der Waals surface area contributed by atoms with Gasteiger partial charge in [-0.15, -0.1) is 15.7 Å². The first kappa shape index (κ1) is 36.2. The molecule has 1 atom stereocenters. The van der Waals surface area contributed by atoms with Crippen LogP contribution in [0.4, 0.5) is 11.4 Å². The maximum absolute atomic E-state index is 13.3. The first-order valence-corrected chi connectivity index (χ1v) is 19.9. The summed E-state index contributed by atoms with van der Waals surface area (Å²) in [5.41, 5.74) is 1.47. The van der Waals surface area contributed by atoms with E-state index in [4.69, 9.17) is 0 Å². The molecule has 0 radical (unpaired) electrons. The fourth-order valence-electron chi connectivity index (χ4n) is 6.43. The smallest absolute Gasteiger partial charge is 0.286 e. The van der Waals surface area contributed by atoms with E-state index in [1.165, 1.54) is 17.4 Å². The number of amidine groups is 1. The highest BCUT2D eigenvalue weighted by Gasteiger charge is 2.33. The standard InChI is InChI=1S/C21H27NO3S2.C16H11N3O4S/c1-14(2)22(20(23)17-11-9-15(3)10-12-17)18-13-19(26-21(18)27(24)25)16-7-5-4-6-8-16;20-14-9-5-1-2-6-10(9)18-16(21)13(14)15-17-11-7-3-4-8-12(11)24(22,23)19-15/h4-8,13-15,17H,9-12H2,1-3H3,(H,24,25);1-8H,(H,17,19)(H2,18,20,21). The number of aromatic amines is 1. The number of nitrogens with zero attached hydrogens (tertiary/aromatic N) is 2. The molecule has 1 fully saturated rings. The van der Waals surface area contributed by atoms with E-state index in [9.17, 15) is 31.9 Å². The van der Waals surface area contributed by atoms with Crippen molar-refractivity contribution in [2.24, 2.45) is 16.2 Å². The van der Waals surface area contributed by atoms with Gasteiger partial charge in [0.05, 0.1) is 16.9 Å².